The highest BCUT2D eigenvalue weighted by Gasteiger charge is 2.54. The van der Waals surface area contributed by atoms with Crippen LogP contribution in [0.1, 0.15) is 51.9 Å². The van der Waals surface area contributed by atoms with Crippen molar-refractivity contribution in [1.29, 1.82) is 0 Å². The van der Waals surface area contributed by atoms with Crippen LogP contribution in [0.5, 0.6) is 11.5 Å². The van der Waals surface area contributed by atoms with Crippen molar-refractivity contribution >= 4 is 10.0 Å². The third kappa shape index (κ3) is 3.35. The highest BCUT2D eigenvalue weighted by molar-refractivity contribution is 7.89. The number of sulfonamides is 1. The lowest BCUT2D eigenvalue weighted by Crippen LogP contribution is -2.56. The van der Waals surface area contributed by atoms with Crippen LogP contribution in [0.3, 0.4) is 0 Å². The lowest BCUT2D eigenvalue weighted by molar-refractivity contribution is -0.0704. The molecule has 4 bridgehead atoms. The first-order valence-electron chi connectivity index (χ1n) is 10.1. The average molecular weight is 394 g/mol. The monoisotopic (exact) mass is 393 g/mol. The fourth-order valence-corrected chi connectivity index (χ4v) is 7.92. The van der Waals surface area contributed by atoms with E-state index in [9.17, 15) is 8.42 Å². The Labute approximate surface area is 162 Å². The summed E-state index contributed by atoms with van der Waals surface area (Å²) < 4.78 is 39.9. The van der Waals surface area contributed by atoms with Gasteiger partial charge in [-0.3, -0.25) is 0 Å². The Morgan fingerprint density at radius 3 is 2.07 bits per heavy atom. The van der Waals surface area contributed by atoms with Crippen molar-refractivity contribution in [3.63, 3.8) is 0 Å². The fraction of sp³-hybridized carbons (Fsp3) is 0.714. The first-order chi connectivity index (χ1) is 12.9. The van der Waals surface area contributed by atoms with E-state index in [-0.39, 0.29) is 16.4 Å². The number of ether oxygens (including phenoxy) is 2. The van der Waals surface area contributed by atoms with E-state index in [1.165, 1.54) is 45.6 Å². The van der Waals surface area contributed by atoms with E-state index in [1.54, 1.807) is 25.3 Å². The van der Waals surface area contributed by atoms with Crippen molar-refractivity contribution in [2.75, 3.05) is 14.2 Å². The number of hydrogen-bond donors (Lipinski definition) is 1. The highest BCUT2D eigenvalue weighted by Crippen LogP contribution is 2.61. The van der Waals surface area contributed by atoms with Gasteiger partial charge in [0, 0.05) is 12.1 Å². The Hall–Kier alpha value is -1.27. The van der Waals surface area contributed by atoms with Crippen molar-refractivity contribution < 1.29 is 17.9 Å². The predicted molar refractivity (Wildman–Crippen MR) is 105 cm³/mol. The zero-order valence-electron chi connectivity index (χ0n) is 16.5. The number of hydrogen-bond acceptors (Lipinski definition) is 4. The molecule has 1 aromatic carbocycles. The van der Waals surface area contributed by atoms with Gasteiger partial charge >= 0.3 is 0 Å². The lowest BCUT2D eigenvalue weighted by atomic mass is 9.47. The van der Waals surface area contributed by atoms with Gasteiger partial charge in [-0.25, -0.2) is 13.1 Å². The molecule has 0 heterocycles. The summed E-state index contributed by atoms with van der Waals surface area (Å²) in [5.74, 6) is 3.37. The molecule has 0 saturated heterocycles. The number of methoxy groups -OCH3 is 2. The molecule has 0 aromatic heterocycles. The maximum atomic E-state index is 13.2. The molecular formula is C21H31NO4S. The molecule has 5 nitrogen and oxygen atoms in total. The van der Waals surface area contributed by atoms with Crippen molar-refractivity contribution in [2.24, 2.45) is 23.2 Å². The molecule has 0 radical (unpaired) electrons. The van der Waals surface area contributed by atoms with E-state index >= 15 is 0 Å². The minimum absolute atomic E-state index is 0.00370. The maximum Gasteiger partial charge on any atom is 0.240 e. The molecule has 27 heavy (non-hydrogen) atoms. The molecule has 4 saturated carbocycles. The summed E-state index contributed by atoms with van der Waals surface area (Å²) in [7, 11) is -0.542. The normalized spacial score (nSPS) is 33.1. The summed E-state index contributed by atoms with van der Waals surface area (Å²) in [6.07, 6.45) is 8.47. The van der Waals surface area contributed by atoms with Crippen molar-refractivity contribution in [3.8, 4) is 11.5 Å². The second-order valence-corrected chi connectivity index (χ2v) is 10.6. The van der Waals surface area contributed by atoms with E-state index < -0.39 is 10.0 Å². The van der Waals surface area contributed by atoms with Crippen LogP contribution in [-0.4, -0.2) is 28.7 Å². The van der Waals surface area contributed by atoms with E-state index in [0.717, 1.165) is 24.2 Å². The zero-order chi connectivity index (χ0) is 19.2. The molecule has 0 unspecified atom stereocenters. The Bertz CT molecular complexity index is 769. The smallest absolute Gasteiger partial charge is 0.240 e. The van der Waals surface area contributed by atoms with Crippen molar-refractivity contribution in [2.45, 2.75) is 62.8 Å². The van der Waals surface area contributed by atoms with Crippen LogP contribution < -0.4 is 14.2 Å². The molecule has 1 atom stereocenters. The van der Waals surface area contributed by atoms with Gasteiger partial charge in [-0.1, -0.05) is 6.92 Å². The molecule has 4 aliphatic rings. The van der Waals surface area contributed by atoms with Crippen LogP contribution in [-0.2, 0) is 10.0 Å². The van der Waals surface area contributed by atoms with Gasteiger partial charge in [-0.15, -0.1) is 0 Å². The Balaban J connectivity index is 1.60. The quantitative estimate of drug-likeness (QED) is 0.761. The highest BCUT2D eigenvalue weighted by atomic mass is 32.2. The largest absolute Gasteiger partial charge is 0.493 e. The van der Waals surface area contributed by atoms with E-state index in [0.29, 0.717) is 11.5 Å². The van der Waals surface area contributed by atoms with Crippen LogP contribution in [0.2, 0.25) is 0 Å². The SMILES string of the molecule is CC[C@H](NS(=O)(=O)c1ccc(OC)c(OC)c1)C12CC3CC(CC(C3)C1)C2. The molecule has 1 N–H and O–H groups in total. The van der Waals surface area contributed by atoms with E-state index in [1.807, 2.05) is 0 Å². The molecule has 4 fully saturated rings. The summed E-state index contributed by atoms with van der Waals surface area (Å²) in [6, 6.07) is 4.80. The minimum Gasteiger partial charge on any atom is -0.493 e. The molecule has 0 amide bonds. The van der Waals surface area contributed by atoms with Gasteiger partial charge in [0.25, 0.3) is 0 Å². The van der Waals surface area contributed by atoms with Crippen LogP contribution in [0.25, 0.3) is 0 Å². The summed E-state index contributed by atoms with van der Waals surface area (Å²) in [5, 5.41) is 0. The molecule has 0 spiro atoms. The summed E-state index contributed by atoms with van der Waals surface area (Å²) in [5.41, 5.74) is 0.146. The lowest BCUT2D eigenvalue weighted by Gasteiger charge is -2.59. The summed E-state index contributed by atoms with van der Waals surface area (Å²) >= 11 is 0. The van der Waals surface area contributed by atoms with Crippen LogP contribution in [0, 0.1) is 23.2 Å². The van der Waals surface area contributed by atoms with Gasteiger partial charge in [0.15, 0.2) is 11.5 Å². The third-order valence-electron chi connectivity index (χ3n) is 7.20. The Kier molecular flexibility index (Phi) is 4.91. The maximum absolute atomic E-state index is 13.2. The zero-order valence-corrected chi connectivity index (χ0v) is 17.3. The van der Waals surface area contributed by atoms with Gasteiger partial charge in [0.1, 0.15) is 0 Å². The van der Waals surface area contributed by atoms with Gasteiger partial charge in [-0.2, -0.15) is 0 Å². The molecule has 5 rings (SSSR count). The van der Waals surface area contributed by atoms with E-state index in [2.05, 4.69) is 11.6 Å². The first kappa shape index (κ1) is 19.1. The second kappa shape index (κ2) is 6.96. The predicted octanol–water partition coefficient (Wildman–Crippen LogP) is 3.98. The van der Waals surface area contributed by atoms with Crippen LogP contribution >= 0.6 is 0 Å². The first-order valence-corrected chi connectivity index (χ1v) is 11.6. The van der Waals surface area contributed by atoms with E-state index in [4.69, 9.17) is 9.47 Å². The standard InChI is InChI=1S/C21H31NO4S/c1-4-20(21-11-14-7-15(12-21)9-16(8-14)13-21)22-27(23,24)17-5-6-18(25-2)19(10-17)26-3/h5-6,10,14-16,20,22H,4,7-9,11-13H2,1-3H3/t14?,15?,16?,20-,21?/m0/s1. The minimum atomic E-state index is -3.61. The van der Waals surface area contributed by atoms with Gasteiger partial charge in [-0.05, 0) is 80.2 Å². The Morgan fingerprint density at radius 2 is 1.59 bits per heavy atom. The van der Waals surface area contributed by atoms with Gasteiger partial charge in [0.2, 0.25) is 10.0 Å². The summed E-state index contributed by atoms with van der Waals surface area (Å²) in [6.45, 7) is 2.11. The average Bonchev–Trinajstić information content (AvgIpc) is 2.64. The van der Waals surface area contributed by atoms with Gasteiger partial charge < -0.3 is 9.47 Å². The number of benzene rings is 1. The molecule has 1 aromatic rings. The van der Waals surface area contributed by atoms with Crippen molar-refractivity contribution in [1.82, 2.24) is 4.72 Å². The molecule has 4 aliphatic carbocycles. The Morgan fingerprint density at radius 1 is 1.04 bits per heavy atom. The van der Waals surface area contributed by atoms with Crippen molar-refractivity contribution in [3.05, 3.63) is 18.2 Å². The van der Waals surface area contributed by atoms with Gasteiger partial charge in [0.05, 0.1) is 19.1 Å². The number of nitrogens with one attached hydrogen (secondary N) is 1. The molecule has 150 valence electrons. The van der Waals surface area contributed by atoms with Crippen LogP contribution in [0.15, 0.2) is 23.1 Å². The third-order valence-corrected chi connectivity index (χ3v) is 8.67. The molecule has 6 heteroatoms. The second-order valence-electron chi connectivity index (χ2n) is 8.88. The topological polar surface area (TPSA) is 64.6 Å². The molecular weight excluding hydrogens is 362 g/mol. The van der Waals surface area contributed by atoms with Crippen LogP contribution in [0.4, 0.5) is 0 Å². The fourth-order valence-electron chi connectivity index (χ4n) is 6.48. The number of rotatable bonds is 7. The summed E-state index contributed by atoms with van der Waals surface area (Å²) in [4.78, 5) is 0.239. The molecule has 0 aliphatic heterocycles.